The fourth-order valence-corrected chi connectivity index (χ4v) is 4.24. The number of nitrogens with zero attached hydrogens (tertiary/aromatic N) is 2. The van der Waals surface area contributed by atoms with Crippen LogP contribution >= 0.6 is 11.3 Å². The van der Waals surface area contributed by atoms with Crippen molar-refractivity contribution >= 4 is 22.1 Å². The molecule has 1 aliphatic rings. The smallest absolute Gasteiger partial charge is 0.266 e. The highest BCUT2D eigenvalue weighted by atomic mass is 32.1. The minimum absolute atomic E-state index is 0.157. The monoisotopic (exact) mass is 374 g/mol. The zero-order valence-electron chi connectivity index (χ0n) is 14.1. The van der Waals surface area contributed by atoms with Gasteiger partial charge in [-0.25, -0.2) is 0 Å². The van der Waals surface area contributed by atoms with E-state index in [1.54, 1.807) is 18.3 Å². The van der Waals surface area contributed by atoms with Gasteiger partial charge in [-0.1, -0.05) is 60.7 Å². The number of fused-ring (bicyclic) bond motifs is 2. The Morgan fingerprint density at radius 2 is 1.74 bits per heavy atom. The zero-order valence-corrected chi connectivity index (χ0v) is 14.9. The highest BCUT2D eigenvalue weighted by Crippen LogP contribution is 2.40. The Bertz CT molecular complexity index is 1200. The normalized spacial score (nSPS) is 18.2. The Balaban J connectivity index is 1.71. The van der Waals surface area contributed by atoms with Gasteiger partial charge in [-0.2, -0.15) is 4.98 Å². The maximum atomic E-state index is 13.2. The van der Waals surface area contributed by atoms with Crippen LogP contribution in [0.2, 0.25) is 0 Å². The molecule has 2 atom stereocenters. The summed E-state index contributed by atoms with van der Waals surface area (Å²) in [4.78, 5) is 31.3. The summed E-state index contributed by atoms with van der Waals surface area (Å²) in [7, 11) is 0. The third-order valence-corrected chi connectivity index (χ3v) is 5.55. The first-order chi connectivity index (χ1) is 13.2. The van der Waals surface area contributed by atoms with Gasteiger partial charge < -0.3 is 4.74 Å². The molecule has 0 spiro atoms. The van der Waals surface area contributed by atoms with Gasteiger partial charge in [-0.05, 0) is 5.56 Å². The number of carbonyl (C=O) groups is 1. The van der Waals surface area contributed by atoms with Crippen LogP contribution in [0.1, 0.15) is 27.4 Å². The number of hydrogen-bond acceptors (Lipinski definition) is 5. The Labute approximate surface area is 158 Å². The first-order valence-electron chi connectivity index (χ1n) is 8.54. The average molecular weight is 374 g/mol. The van der Waals surface area contributed by atoms with E-state index in [1.807, 2.05) is 53.9 Å². The van der Waals surface area contributed by atoms with Gasteiger partial charge in [0.25, 0.3) is 5.56 Å². The van der Waals surface area contributed by atoms with Crippen molar-refractivity contribution in [2.75, 3.05) is 0 Å². The van der Waals surface area contributed by atoms with Gasteiger partial charge in [-0.3, -0.25) is 14.0 Å². The van der Waals surface area contributed by atoms with Crippen molar-refractivity contribution in [2.24, 2.45) is 0 Å². The molecule has 1 aliphatic heterocycles. The molecule has 0 aliphatic carbocycles. The fraction of sp³-hybridized carbons (Fsp3) is 0.0952. The van der Waals surface area contributed by atoms with E-state index in [4.69, 9.17) is 4.74 Å². The maximum Gasteiger partial charge on any atom is 0.266 e. The summed E-state index contributed by atoms with van der Waals surface area (Å²) < 4.78 is 7.49. The Hall–Kier alpha value is -3.25. The van der Waals surface area contributed by atoms with E-state index >= 15 is 0 Å². The van der Waals surface area contributed by atoms with Crippen LogP contribution in [0.5, 0.6) is 5.88 Å². The number of rotatable bonds is 3. The number of carbonyl (C=O) groups excluding carboxylic acids is 1. The lowest BCUT2D eigenvalue weighted by molar-refractivity contribution is 0.0801. The molecular formula is C21H14N2O3S. The van der Waals surface area contributed by atoms with Crippen molar-refractivity contribution < 1.29 is 9.53 Å². The van der Waals surface area contributed by atoms with Crippen LogP contribution < -0.4 is 10.3 Å². The van der Waals surface area contributed by atoms with Crippen LogP contribution in [0.4, 0.5) is 0 Å². The Morgan fingerprint density at radius 1 is 1.04 bits per heavy atom. The number of ketones is 1. The first-order valence-corrected chi connectivity index (χ1v) is 9.42. The summed E-state index contributed by atoms with van der Waals surface area (Å²) in [6, 6.07) is 18.5. The molecule has 2 aromatic carbocycles. The number of ether oxygens (including phenoxy) is 1. The second-order valence-electron chi connectivity index (χ2n) is 6.35. The van der Waals surface area contributed by atoms with Gasteiger partial charge in [0.15, 0.2) is 11.1 Å². The van der Waals surface area contributed by atoms with Crippen LogP contribution in [-0.4, -0.2) is 21.3 Å². The Morgan fingerprint density at radius 3 is 2.48 bits per heavy atom. The standard InChI is InChI=1S/C21H14N2O3S/c24-17(14-9-5-2-6-10-14)18-15(13-7-3-1-4-8-13)16-19(26-18)22-21-23(20(16)25)11-12-27-21/h1-12,15,18H. The van der Waals surface area contributed by atoms with Crippen LogP contribution in [0.3, 0.4) is 0 Å². The van der Waals surface area contributed by atoms with E-state index in [0.717, 1.165) is 5.56 Å². The third-order valence-electron chi connectivity index (χ3n) is 4.79. The SMILES string of the molecule is O=C(c1ccccc1)C1Oc2nc3sccn3c(=O)c2C1c1ccccc1. The van der Waals surface area contributed by atoms with E-state index in [0.29, 0.717) is 16.1 Å². The second-order valence-corrected chi connectivity index (χ2v) is 7.22. The molecule has 3 heterocycles. The predicted molar refractivity (Wildman–Crippen MR) is 103 cm³/mol. The van der Waals surface area contributed by atoms with Gasteiger partial charge in [0.05, 0.1) is 11.5 Å². The third kappa shape index (κ3) is 2.49. The summed E-state index contributed by atoms with van der Waals surface area (Å²) >= 11 is 1.36. The molecule has 27 heavy (non-hydrogen) atoms. The Kier molecular flexibility index (Phi) is 3.65. The molecule has 0 bridgehead atoms. The molecule has 0 saturated heterocycles. The summed E-state index contributed by atoms with van der Waals surface area (Å²) in [6.07, 6.45) is 0.881. The van der Waals surface area contributed by atoms with Gasteiger partial charge in [0.2, 0.25) is 11.7 Å². The summed E-state index contributed by atoms with van der Waals surface area (Å²) in [5, 5.41) is 1.81. The molecule has 2 aromatic heterocycles. The molecule has 2 unspecified atom stereocenters. The van der Waals surface area contributed by atoms with Crippen LogP contribution in [-0.2, 0) is 0 Å². The molecule has 0 radical (unpaired) electrons. The molecule has 0 fully saturated rings. The molecule has 0 saturated carbocycles. The van der Waals surface area contributed by atoms with E-state index in [1.165, 1.54) is 15.7 Å². The number of benzene rings is 2. The molecule has 6 heteroatoms. The minimum atomic E-state index is -0.817. The van der Waals surface area contributed by atoms with E-state index in [2.05, 4.69) is 4.98 Å². The molecule has 132 valence electrons. The number of hydrogen-bond donors (Lipinski definition) is 0. The summed E-state index contributed by atoms with van der Waals surface area (Å²) in [5.74, 6) is -0.397. The highest BCUT2D eigenvalue weighted by Gasteiger charge is 2.44. The van der Waals surface area contributed by atoms with Crippen molar-refractivity contribution in [3.8, 4) is 5.88 Å². The van der Waals surface area contributed by atoms with Gasteiger partial charge >= 0.3 is 0 Å². The lowest BCUT2D eigenvalue weighted by Crippen LogP contribution is -2.31. The summed E-state index contributed by atoms with van der Waals surface area (Å²) in [5.41, 5.74) is 1.66. The summed E-state index contributed by atoms with van der Waals surface area (Å²) in [6.45, 7) is 0. The van der Waals surface area contributed by atoms with E-state index in [-0.39, 0.29) is 17.2 Å². The molecule has 0 amide bonds. The first kappa shape index (κ1) is 16.0. The molecular weight excluding hydrogens is 360 g/mol. The van der Waals surface area contributed by atoms with Crippen LogP contribution in [0, 0.1) is 0 Å². The zero-order chi connectivity index (χ0) is 18.4. The number of thiazole rings is 1. The van der Waals surface area contributed by atoms with Crippen LogP contribution in [0.15, 0.2) is 77.0 Å². The molecule has 5 nitrogen and oxygen atoms in total. The van der Waals surface area contributed by atoms with Crippen molar-refractivity contribution in [3.05, 3.63) is 99.3 Å². The van der Waals surface area contributed by atoms with Gasteiger partial charge in [-0.15, -0.1) is 11.3 Å². The number of aromatic nitrogens is 2. The largest absolute Gasteiger partial charge is 0.464 e. The van der Waals surface area contributed by atoms with Crippen molar-refractivity contribution in [2.45, 2.75) is 12.0 Å². The molecule has 5 rings (SSSR count). The second kappa shape index (κ2) is 6.17. The topological polar surface area (TPSA) is 60.7 Å². The molecule has 4 aromatic rings. The van der Waals surface area contributed by atoms with E-state index < -0.39 is 12.0 Å². The quantitative estimate of drug-likeness (QED) is 0.515. The number of Topliss-reactive ketones (excluding diaryl/α,β-unsaturated/α-hetero) is 1. The predicted octanol–water partition coefficient (Wildman–Crippen LogP) is 3.53. The lowest BCUT2D eigenvalue weighted by Gasteiger charge is -2.18. The van der Waals surface area contributed by atoms with Gasteiger partial charge in [0.1, 0.15) is 0 Å². The fourth-order valence-electron chi connectivity index (χ4n) is 3.54. The van der Waals surface area contributed by atoms with E-state index in [9.17, 15) is 9.59 Å². The van der Waals surface area contributed by atoms with Crippen molar-refractivity contribution in [1.29, 1.82) is 0 Å². The molecule has 0 N–H and O–H groups in total. The minimum Gasteiger partial charge on any atom is -0.464 e. The lowest BCUT2D eigenvalue weighted by atomic mass is 9.86. The van der Waals surface area contributed by atoms with Crippen LogP contribution in [0.25, 0.3) is 4.96 Å². The average Bonchev–Trinajstić information content (AvgIpc) is 3.34. The maximum absolute atomic E-state index is 13.2. The van der Waals surface area contributed by atoms with Crippen molar-refractivity contribution in [1.82, 2.24) is 9.38 Å². The van der Waals surface area contributed by atoms with Crippen molar-refractivity contribution in [3.63, 3.8) is 0 Å². The van der Waals surface area contributed by atoms with Gasteiger partial charge in [0, 0.05) is 17.1 Å². The highest BCUT2D eigenvalue weighted by molar-refractivity contribution is 7.15.